The van der Waals surface area contributed by atoms with Crippen LogP contribution in [0.15, 0.2) is 12.3 Å². The number of ketones is 1. The molecule has 3 N–H and O–H groups in total. The van der Waals surface area contributed by atoms with Crippen molar-refractivity contribution >= 4 is 17.7 Å². The zero-order chi connectivity index (χ0) is 13.9. The molecule has 2 unspecified atom stereocenters. The maximum Gasteiger partial charge on any atom is 0.308 e. The van der Waals surface area contributed by atoms with Crippen LogP contribution in [0, 0.1) is 5.92 Å². The van der Waals surface area contributed by atoms with Gasteiger partial charge in [-0.15, -0.1) is 0 Å². The van der Waals surface area contributed by atoms with Gasteiger partial charge in [-0.05, 0) is 26.8 Å². The molecule has 1 heterocycles. The van der Waals surface area contributed by atoms with Crippen LogP contribution in [0.4, 0.5) is 0 Å². The SMILES string of the molecule is CC(=O)c1c[nH]c(C(=O)NC(C)C(C)C(=O)O)c1. The van der Waals surface area contributed by atoms with Crippen LogP contribution in [0.25, 0.3) is 0 Å². The number of aromatic nitrogens is 1. The Hall–Kier alpha value is -2.11. The molecule has 0 spiro atoms. The summed E-state index contributed by atoms with van der Waals surface area (Å²) in [5, 5.41) is 11.4. The summed E-state index contributed by atoms with van der Waals surface area (Å²) in [5.74, 6) is -2.23. The van der Waals surface area contributed by atoms with Crippen molar-refractivity contribution in [2.24, 2.45) is 5.92 Å². The fraction of sp³-hybridized carbons (Fsp3) is 0.417. The highest BCUT2D eigenvalue weighted by molar-refractivity contribution is 5.99. The average Bonchev–Trinajstić information content (AvgIpc) is 2.76. The van der Waals surface area contributed by atoms with E-state index in [1.54, 1.807) is 6.92 Å². The van der Waals surface area contributed by atoms with Gasteiger partial charge in [0.1, 0.15) is 5.69 Å². The zero-order valence-electron chi connectivity index (χ0n) is 10.5. The van der Waals surface area contributed by atoms with Gasteiger partial charge in [-0.1, -0.05) is 0 Å². The van der Waals surface area contributed by atoms with E-state index in [0.29, 0.717) is 5.56 Å². The molecule has 0 aliphatic heterocycles. The van der Waals surface area contributed by atoms with E-state index < -0.39 is 23.8 Å². The zero-order valence-corrected chi connectivity index (χ0v) is 10.5. The standard InChI is InChI=1S/C12H16N2O4/c1-6(12(17)18)7(2)14-11(16)10-4-9(5-13-10)8(3)15/h4-7,13H,1-3H3,(H,14,16)(H,17,18). The maximum atomic E-state index is 11.8. The van der Waals surface area contributed by atoms with E-state index in [2.05, 4.69) is 10.3 Å². The molecule has 0 bridgehead atoms. The van der Waals surface area contributed by atoms with Gasteiger partial charge in [-0.2, -0.15) is 0 Å². The molecule has 1 aromatic heterocycles. The van der Waals surface area contributed by atoms with Gasteiger partial charge in [0.15, 0.2) is 5.78 Å². The second-order valence-corrected chi connectivity index (χ2v) is 4.25. The first kappa shape index (κ1) is 14.0. The normalized spacial score (nSPS) is 13.7. The predicted molar refractivity (Wildman–Crippen MR) is 64.5 cm³/mol. The summed E-state index contributed by atoms with van der Waals surface area (Å²) >= 11 is 0. The minimum Gasteiger partial charge on any atom is -0.481 e. The van der Waals surface area contributed by atoms with E-state index in [0.717, 1.165) is 0 Å². The van der Waals surface area contributed by atoms with E-state index in [9.17, 15) is 14.4 Å². The van der Waals surface area contributed by atoms with Crippen molar-refractivity contribution in [2.45, 2.75) is 26.8 Å². The number of hydrogen-bond donors (Lipinski definition) is 3. The number of Topliss-reactive ketones (excluding diaryl/α,β-unsaturated/α-hetero) is 1. The van der Waals surface area contributed by atoms with Crippen LogP contribution >= 0.6 is 0 Å². The second-order valence-electron chi connectivity index (χ2n) is 4.25. The van der Waals surface area contributed by atoms with E-state index in [-0.39, 0.29) is 11.5 Å². The van der Waals surface area contributed by atoms with Crippen LogP contribution in [0.3, 0.4) is 0 Å². The first-order valence-electron chi connectivity index (χ1n) is 5.56. The molecular weight excluding hydrogens is 236 g/mol. The molecule has 2 atom stereocenters. The number of rotatable bonds is 5. The van der Waals surface area contributed by atoms with Gasteiger partial charge in [-0.3, -0.25) is 14.4 Å². The number of carboxylic acid groups (broad SMARTS) is 1. The van der Waals surface area contributed by atoms with Crippen LogP contribution in [0.5, 0.6) is 0 Å². The van der Waals surface area contributed by atoms with E-state index in [4.69, 9.17) is 5.11 Å². The fourth-order valence-electron chi connectivity index (χ4n) is 1.35. The average molecular weight is 252 g/mol. The third-order valence-corrected chi connectivity index (χ3v) is 2.83. The molecule has 0 fully saturated rings. The molecule has 0 aliphatic carbocycles. The highest BCUT2D eigenvalue weighted by Crippen LogP contribution is 2.07. The number of amides is 1. The molecule has 1 aromatic rings. The molecule has 6 nitrogen and oxygen atoms in total. The van der Waals surface area contributed by atoms with Crippen molar-refractivity contribution < 1.29 is 19.5 Å². The van der Waals surface area contributed by atoms with Gasteiger partial charge in [0.25, 0.3) is 5.91 Å². The number of aliphatic carboxylic acids is 1. The van der Waals surface area contributed by atoms with Crippen LogP contribution in [-0.4, -0.2) is 33.8 Å². The summed E-state index contributed by atoms with van der Waals surface area (Å²) in [4.78, 5) is 36.3. The summed E-state index contributed by atoms with van der Waals surface area (Å²) in [5.41, 5.74) is 0.656. The third kappa shape index (κ3) is 3.19. The molecule has 6 heteroatoms. The van der Waals surface area contributed by atoms with Crippen molar-refractivity contribution in [3.05, 3.63) is 23.5 Å². The fourth-order valence-corrected chi connectivity index (χ4v) is 1.35. The molecule has 0 saturated heterocycles. The van der Waals surface area contributed by atoms with E-state index >= 15 is 0 Å². The molecule has 18 heavy (non-hydrogen) atoms. The molecule has 0 radical (unpaired) electrons. The number of nitrogens with one attached hydrogen (secondary N) is 2. The Morgan fingerprint density at radius 1 is 1.33 bits per heavy atom. The van der Waals surface area contributed by atoms with Gasteiger partial charge in [0.2, 0.25) is 0 Å². The van der Waals surface area contributed by atoms with Gasteiger partial charge >= 0.3 is 5.97 Å². The number of carboxylic acids is 1. The number of H-pyrrole nitrogens is 1. The summed E-state index contributed by atoms with van der Waals surface area (Å²) in [7, 11) is 0. The van der Waals surface area contributed by atoms with Gasteiger partial charge in [-0.25, -0.2) is 0 Å². The Morgan fingerprint density at radius 2 is 1.94 bits per heavy atom. The summed E-state index contributed by atoms with van der Waals surface area (Å²) < 4.78 is 0. The lowest BCUT2D eigenvalue weighted by Crippen LogP contribution is -2.40. The van der Waals surface area contributed by atoms with Crippen LogP contribution in [0.2, 0.25) is 0 Å². The number of hydrogen-bond acceptors (Lipinski definition) is 3. The molecule has 1 amide bonds. The molecule has 0 aliphatic rings. The van der Waals surface area contributed by atoms with Gasteiger partial charge in [0, 0.05) is 17.8 Å². The topological polar surface area (TPSA) is 99.3 Å². The Labute approximate surface area is 104 Å². The van der Waals surface area contributed by atoms with E-state index in [1.807, 2.05) is 0 Å². The number of carbonyl (C=O) groups excluding carboxylic acids is 2. The largest absolute Gasteiger partial charge is 0.481 e. The van der Waals surface area contributed by atoms with Crippen molar-refractivity contribution in [3.8, 4) is 0 Å². The predicted octanol–water partition coefficient (Wildman–Crippen LogP) is 1.06. The van der Waals surface area contributed by atoms with Crippen molar-refractivity contribution in [3.63, 3.8) is 0 Å². The van der Waals surface area contributed by atoms with Crippen molar-refractivity contribution in [2.75, 3.05) is 0 Å². The minimum absolute atomic E-state index is 0.141. The quantitative estimate of drug-likeness (QED) is 0.682. The lowest BCUT2D eigenvalue weighted by Gasteiger charge is -2.17. The van der Waals surface area contributed by atoms with Crippen molar-refractivity contribution in [1.29, 1.82) is 0 Å². The Kier molecular flexibility index (Phi) is 4.25. The lowest BCUT2D eigenvalue weighted by molar-refractivity contribution is -0.141. The lowest BCUT2D eigenvalue weighted by atomic mass is 10.0. The highest BCUT2D eigenvalue weighted by Gasteiger charge is 2.22. The third-order valence-electron chi connectivity index (χ3n) is 2.83. The van der Waals surface area contributed by atoms with Crippen LogP contribution in [-0.2, 0) is 4.79 Å². The Morgan fingerprint density at radius 3 is 2.39 bits per heavy atom. The smallest absolute Gasteiger partial charge is 0.308 e. The van der Waals surface area contributed by atoms with Gasteiger partial charge in [0.05, 0.1) is 5.92 Å². The second kappa shape index (κ2) is 5.48. The highest BCUT2D eigenvalue weighted by atomic mass is 16.4. The van der Waals surface area contributed by atoms with Crippen molar-refractivity contribution in [1.82, 2.24) is 10.3 Å². The molecular formula is C12H16N2O4. The number of carbonyl (C=O) groups is 3. The van der Waals surface area contributed by atoms with Gasteiger partial charge < -0.3 is 15.4 Å². The van der Waals surface area contributed by atoms with E-state index in [1.165, 1.54) is 26.1 Å². The van der Waals surface area contributed by atoms with Crippen LogP contribution in [0.1, 0.15) is 41.6 Å². The minimum atomic E-state index is -0.973. The molecule has 0 aromatic carbocycles. The number of aromatic amines is 1. The summed E-state index contributed by atoms with van der Waals surface area (Å²) in [6.45, 7) is 4.54. The summed E-state index contributed by atoms with van der Waals surface area (Å²) in [6.07, 6.45) is 1.45. The Balaban J connectivity index is 2.70. The first-order valence-corrected chi connectivity index (χ1v) is 5.56. The first-order chi connectivity index (χ1) is 8.32. The Bertz CT molecular complexity index is 478. The maximum absolute atomic E-state index is 11.8. The molecule has 98 valence electrons. The monoisotopic (exact) mass is 252 g/mol. The van der Waals surface area contributed by atoms with Crippen LogP contribution < -0.4 is 5.32 Å². The molecule has 0 saturated carbocycles. The molecule has 1 rings (SSSR count). The summed E-state index contributed by atoms with van der Waals surface area (Å²) in [6, 6.07) is 0.939.